The van der Waals surface area contributed by atoms with Crippen LogP contribution < -0.4 is 5.32 Å². The molecule has 1 N–H and O–H groups in total. The van der Waals surface area contributed by atoms with E-state index in [1.807, 2.05) is 0 Å². The summed E-state index contributed by atoms with van der Waals surface area (Å²) in [4.78, 5) is 25.8. The predicted octanol–water partition coefficient (Wildman–Crippen LogP) is 1.59. The first-order valence-corrected chi connectivity index (χ1v) is 6.94. The third-order valence-corrected chi connectivity index (χ3v) is 4.15. The normalized spacial score (nSPS) is 26.0. The molecule has 4 nitrogen and oxygen atoms in total. The largest absolute Gasteiger partial charge is 0.340 e. The molecule has 1 aromatic rings. The summed E-state index contributed by atoms with van der Waals surface area (Å²) in [6.07, 6.45) is 1.82. The quantitative estimate of drug-likeness (QED) is 0.920. The molecule has 1 aliphatic heterocycles. The molecule has 0 aromatic heterocycles. The molecule has 1 saturated heterocycles. The van der Waals surface area contributed by atoms with Gasteiger partial charge in [0.1, 0.15) is 17.2 Å². The van der Waals surface area contributed by atoms with Gasteiger partial charge in [-0.05, 0) is 43.4 Å². The number of nitrogens with zero attached hydrogens (tertiary/aromatic N) is 1. The highest BCUT2D eigenvalue weighted by Crippen LogP contribution is 2.41. The molecule has 3 rings (SSSR count). The van der Waals surface area contributed by atoms with Crippen molar-refractivity contribution >= 4 is 11.8 Å². The molecule has 1 saturated carbocycles. The van der Waals surface area contributed by atoms with E-state index >= 15 is 0 Å². The molecule has 0 spiro atoms. The monoisotopic (exact) mass is 294 g/mol. The number of hydrogen-bond donors (Lipinski definition) is 1. The zero-order chi connectivity index (χ0) is 15.2. The Bertz CT molecular complexity index is 595. The van der Waals surface area contributed by atoms with Gasteiger partial charge in [-0.15, -0.1) is 0 Å². The molecule has 1 atom stereocenters. The zero-order valence-corrected chi connectivity index (χ0v) is 11.7. The Morgan fingerprint density at radius 2 is 1.86 bits per heavy atom. The van der Waals surface area contributed by atoms with E-state index in [0.29, 0.717) is 5.56 Å². The van der Waals surface area contributed by atoms with Gasteiger partial charge in [0.05, 0.1) is 6.54 Å². The number of carbonyl (C=O) groups is 2. The Hall–Kier alpha value is -1.98. The van der Waals surface area contributed by atoms with Crippen LogP contribution in [-0.2, 0) is 16.1 Å². The maximum Gasteiger partial charge on any atom is 0.249 e. The van der Waals surface area contributed by atoms with Crippen LogP contribution in [0.4, 0.5) is 8.78 Å². The molecule has 112 valence electrons. The molecule has 6 heteroatoms. The molecule has 2 aliphatic rings. The average Bonchev–Trinajstić information content (AvgIpc) is 3.18. The van der Waals surface area contributed by atoms with Gasteiger partial charge in [-0.25, -0.2) is 8.78 Å². The van der Waals surface area contributed by atoms with Crippen LogP contribution in [0.2, 0.25) is 0 Å². The van der Waals surface area contributed by atoms with E-state index in [2.05, 4.69) is 5.32 Å². The summed E-state index contributed by atoms with van der Waals surface area (Å²) in [5.74, 6) is -1.65. The highest BCUT2D eigenvalue weighted by Gasteiger charge is 2.52. The van der Waals surface area contributed by atoms with E-state index in [9.17, 15) is 18.4 Å². The number of carbonyl (C=O) groups excluding carboxylic acids is 2. The third-order valence-electron chi connectivity index (χ3n) is 4.15. The van der Waals surface area contributed by atoms with E-state index in [4.69, 9.17) is 0 Å². The lowest BCUT2D eigenvalue weighted by molar-refractivity contribution is -0.150. The molecule has 21 heavy (non-hydrogen) atoms. The molecule has 0 bridgehead atoms. The lowest BCUT2D eigenvalue weighted by Crippen LogP contribution is -2.66. The van der Waals surface area contributed by atoms with E-state index < -0.39 is 17.2 Å². The van der Waals surface area contributed by atoms with Gasteiger partial charge in [-0.1, -0.05) is 0 Å². The predicted molar refractivity (Wildman–Crippen MR) is 71.0 cm³/mol. The first kappa shape index (κ1) is 14.0. The summed E-state index contributed by atoms with van der Waals surface area (Å²) in [5.41, 5.74) is -0.546. The van der Waals surface area contributed by atoms with Gasteiger partial charge in [0, 0.05) is 12.6 Å². The molecule has 1 aromatic carbocycles. The topological polar surface area (TPSA) is 49.4 Å². The number of halogens is 2. The molecular formula is C15H16F2N2O2. The smallest absolute Gasteiger partial charge is 0.249 e. The number of piperazine rings is 1. The summed E-state index contributed by atoms with van der Waals surface area (Å²) in [6.45, 7) is 1.67. The summed E-state index contributed by atoms with van der Waals surface area (Å²) in [6, 6.07) is 3.14. The van der Waals surface area contributed by atoms with Crippen LogP contribution in [-0.4, -0.2) is 28.8 Å². The van der Waals surface area contributed by atoms with Crippen LogP contribution in [0.3, 0.4) is 0 Å². The maximum atomic E-state index is 13.2. The molecule has 1 aliphatic carbocycles. The Labute approximate surface area is 121 Å². The van der Waals surface area contributed by atoms with Crippen LogP contribution in [0.5, 0.6) is 0 Å². The average molecular weight is 294 g/mol. The zero-order valence-electron chi connectivity index (χ0n) is 11.7. The number of benzene rings is 1. The van der Waals surface area contributed by atoms with Crippen LogP contribution in [0.1, 0.15) is 25.3 Å². The molecular weight excluding hydrogens is 278 g/mol. The Morgan fingerprint density at radius 1 is 1.24 bits per heavy atom. The summed E-state index contributed by atoms with van der Waals surface area (Å²) < 4.78 is 26.4. The maximum absolute atomic E-state index is 13.2. The van der Waals surface area contributed by atoms with E-state index in [1.165, 1.54) is 17.0 Å². The van der Waals surface area contributed by atoms with E-state index in [0.717, 1.165) is 18.9 Å². The van der Waals surface area contributed by atoms with Gasteiger partial charge in [0.25, 0.3) is 0 Å². The fourth-order valence-corrected chi connectivity index (χ4v) is 2.94. The Kier molecular flexibility index (Phi) is 3.19. The number of amides is 2. The number of rotatable bonds is 3. The molecule has 0 radical (unpaired) electrons. The molecule has 1 heterocycles. The first-order valence-electron chi connectivity index (χ1n) is 6.94. The van der Waals surface area contributed by atoms with Crippen molar-refractivity contribution in [3.63, 3.8) is 0 Å². The van der Waals surface area contributed by atoms with Crippen LogP contribution in [0.15, 0.2) is 18.2 Å². The highest BCUT2D eigenvalue weighted by molar-refractivity contribution is 5.98. The first-order chi connectivity index (χ1) is 9.88. The SMILES string of the molecule is CC1(C2CC2)NC(=O)CN(Cc2cc(F)cc(F)c2)C1=O. The molecule has 1 unspecified atom stereocenters. The Morgan fingerprint density at radius 3 is 2.43 bits per heavy atom. The van der Waals surface area contributed by atoms with Crippen molar-refractivity contribution in [2.24, 2.45) is 5.92 Å². The second-order valence-electron chi connectivity index (χ2n) is 5.96. The minimum atomic E-state index is -0.888. The van der Waals surface area contributed by atoms with Gasteiger partial charge >= 0.3 is 0 Å². The highest BCUT2D eigenvalue weighted by atomic mass is 19.1. The number of nitrogens with one attached hydrogen (secondary N) is 1. The van der Waals surface area contributed by atoms with E-state index in [1.54, 1.807) is 6.92 Å². The second-order valence-corrected chi connectivity index (χ2v) is 5.96. The lowest BCUT2D eigenvalue weighted by atomic mass is 9.91. The summed E-state index contributed by atoms with van der Waals surface area (Å²) in [5, 5.41) is 2.76. The molecule has 2 amide bonds. The van der Waals surface area contributed by atoms with Crippen molar-refractivity contribution in [3.05, 3.63) is 35.4 Å². The van der Waals surface area contributed by atoms with Gasteiger partial charge in [-0.3, -0.25) is 9.59 Å². The standard InChI is InChI=1S/C15H16F2N2O2/c1-15(10-2-3-10)14(21)19(8-13(20)18-15)7-9-4-11(16)6-12(17)5-9/h4-6,10H,2-3,7-8H2,1H3,(H,18,20). The van der Waals surface area contributed by atoms with Crippen molar-refractivity contribution in [2.45, 2.75) is 31.8 Å². The lowest BCUT2D eigenvalue weighted by Gasteiger charge is -2.40. The van der Waals surface area contributed by atoms with Crippen molar-refractivity contribution in [3.8, 4) is 0 Å². The van der Waals surface area contributed by atoms with Crippen molar-refractivity contribution < 1.29 is 18.4 Å². The minimum absolute atomic E-state index is 0.0310. The van der Waals surface area contributed by atoms with Crippen molar-refractivity contribution in [1.29, 1.82) is 0 Å². The van der Waals surface area contributed by atoms with Gasteiger partial charge < -0.3 is 10.2 Å². The summed E-state index contributed by atoms with van der Waals surface area (Å²) in [7, 11) is 0. The second kappa shape index (κ2) is 4.79. The van der Waals surface area contributed by atoms with Crippen molar-refractivity contribution in [1.82, 2.24) is 10.2 Å². The van der Waals surface area contributed by atoms with Crippen molar-refractivity contribution in [2.75, 3.05) is 6.54 Å². The molecule has 2 fully saturated rings. The third kappa shape index (κ3) is 2.62. The van der Waals surface area contributed by atoms with Gasteiger partial charge in [-0.2, -0.15) is 0 Å². The fraction of sp³-hybridized carbons (Fsp3) is 0.467. The van der Waals surface area contributed by atoms with Crippen LogP contribution >= 0.6 is 0 Å². The fourth-order valence-electron chi connectivity index (χ4n) is 2.94. The summed E-state index contributed by atoms with van der Waals surface area (Å²) >= 11 is 0. The van der Waals surface area contributed by atoms with Crippen LogP contribution in [0.25, 0.3) is 0 Å². The van der Waals surface area contributed by atoms with Gasteiger partial charge in [0.15, 0.2) is 0 Å². The number of hydrogen-bond acceptors (Lipinski definition) is 2. The van der Waals surface area contributed by atoms with E-state index in [-0.39, 0.29) is 30.8 Å². The van der Waals surface area contributed by atoms with Gasteiger partial charge in [0.2, 0.25) is 11.8 Å². The minimum Gasteiger partial charge on any atom is -0.340 e. The van der Waals surface area contributed by atoms with Crippen LogP contribution in [0, 0.1) is 17.6 Å². The Balaban J connectivity index is 1.83.